The van der Waals surface area contributed by atoms with Gasteiger partial charge in [0.05, 0.1) is 0 Å². The number of alkyl halides is 3. The highest BCUT2D eigenvalue weighted by atomic mass is 35.5. The summed E-state index contributed by atoms with van der Waals surface area (Å²) < 4.78 is 39.1. The first-order valence-electron chi connectivity index (χ1n) is 5.42. The van der Waals surface area contributed by atoms with Crippen LogP contribution in [0, 0.1) is 6.92 Å². The van der Waals surface area contributed by atoms with Gasteiger partial charge in [0.15, 0.2) is 0 Å². The highest BCUT2D eigenvalue weighted by Gasteiger charge is 2.41. The lowest BCUT2D eigenvalue weighted by Gasteiger charge is -2.24. The van der Waals surface area contributed by atoms with Gasteiger partial charge in [-0.3, -0.25) is 5.32 Å². The second-order valence-electron chi connectivity index (χ2n) is 4.31. The number of hydrogen-bond donors (Lipinski definition) is 1. The molecular weight excluding hydrogens is 263 g/mol. The molecule has 0 saturated carbocycles. The highest BCUT2D eigenvalue weighted by molar-refractivity contribution is 6.30. The monoisotopic (exact) mass is 277 g/mol. The maximum atomic E-state index is 13.0. The van der Waals surface area contributed by atoms with E-state index in [9.17, 15) is 13.2 Å². The first-order valence-corrected chi connectivity index (χ1v) is 5.80. The molecule has 0 aliphatic heterocycles. The minimum absolute atomic E-state index is 0.107. The summed E-state index contributed by atoms with van der Waals surface area (Å²) in [5, 5.41) is 2.75. The van der Waals surface area contributed by atoms with Crippen molar-refractivity contribution in [2.24, 2.45) is 0 Å². The van der Waals surface area contributed by atoms with Crippen molar-refractivity contribution < 1.29 is 13.2 Å². The Morgan fingerprint density at radius 1 is 1.44 bits per heavy atom. The van der Waals surface area contributed by atoms with Crippen molar-refractivity contribution in [1.29, 1.82) is 0 Å². The second-order valence-corrected chi connectivity index (χ2v) is 4.75. The van der Waals surface area contributed by atoms with E-state index in [1.807, 2.05) is 0 Å². The van der Waals surface area contributed by atoms with Gasteiger partial charge in [-0.1, -0.05) is 29.8 Å². The normalized spacial score (nSPS) is 13.4. The Morgan fingerprint density at radius 3 is 2.56 bits per heavy atom. The highest BCUT2D eigenvalue weighted by Crippen LogP contribution is 2.35. The lowest BCUT2D eigenvalue weighted by Crippen LogP contribution is -2.35. The van der Waals surface area contributed by atoms with Crippen molar-refractivity contribution in [1.82, 2.24) is 5.32 Å². The van der Waals surface area contributed by atoms with Crippen LogP contribution in [0.15, 0.2) is 30.4 Å². The van der Waals surface area contributed by atoms with Crippen LogP contribution in [0.4, 0.5) is 13.2 Å². The summed E-state index contributed by atoms with van der Waals surface area (Å²) >= 11 is 5.76. The van der Waals surface area contributed by atoms with E-state index in [-0.39, 0.29) is 12.1 Å². The molecule has 1 aromatic rings. The number of halogens is 4. The second kappa shape index (κ2) is 5.76. The third-order valence-corrected chi connectivity index (χ3v) is 2.72. The minimum atomic E-state index is -4.37. The molecule has 100 valence electrons. The molecule has 0 aliphatic carbocycles. The van der Waals surface area contributed by atoms with E-state index in [1.54, 1.807) is 26.0 Å². The fourth-order valence-electron chi connectivity index (χ4n) is 1.60. The van der Waals surface area contributed by atoms with E-state index in [0.29, 0.717) is 16.2 Å². The van der Waals surface area contributed by atoms with Crippen LogP contribution in [0.25, 0.3) is 0 Å². The van der Waals surface area contributed by atoms with Crippen molar-refractivity contribution in [3.8, 4) is 0 Å². The molecule has 1 N–H and O–H groups in total. The third kappa shape index (κ3) is 4.03. The zero-order valence-corrected chi connectivity index (χ0v) is 11.0. The van der Waals surface area contributed by atoms with Crippen molar-refractivity contribution in [2.45, 2.75) is 26.1 Å². The summed E-state index contributed by atoms with van der Waals surface area (Å²) in [5.74, 6) is 0. The maximum Gasteiger partial charge on any atom is 0.407 e. The van der Waals surface area contributed by atoms with E-state index in [1.165, 1.54) is 6.07 Å². The molecule has 0 aromatic heterocycles. The summed E-state index contributed by atoms with van der Waals surface area (Å²) in [4.78, 5) is 0. The quantitative estimate of drug-likeness (QED) is 0.804. The molecule has 0 fully saturated rings. The lowest BCUT2D eigenvalue weighted by molar-refractivity contribution is -0.157. The van der Waals surface area contributed by atoms with Crippen LogP contribution in [0.1, 0.15) is 24.1 Å². The smallest absolute Gasteiger partial charge is 0.299 e. The lowest BCUT2D eigenvalue weighted by atomic mass is 10.0. The molecule has 5 heteroatoms. The van der Waals surface area contributed by atoms with Crippen molar-refractivity contribution >= 4 is 11.6 Å². The van der Waals surface area contributed by atoms with Crippen LogP contribution in [-0.4, -0.2) is 12.7 Å². The number of rotatable bonds is 4. The van der Waals surface area contributed by atoms with Gasteiger partial charge in [0.2, 0.25) is 0 Å². The van der Waals surface area contributed by atoms with Crippen molar-refractivity contribution in [3.63, 3.8) is 0 Å². The Morgan fingerprint density at radius 2 is 2.06 bits per heavy atom. The first kappa shape index (κ1) is 15.1. The van der Waals surface area contributed by atoms with E-state index in [0.717, 1.165) is 0 Å². The summed E-state index contributed by atoms with van der Waals surface area (Å²) in [5.41, 5.74) is 1.34. The standard InChI is InChI=1S/C13H15ClF3N/c1-8(2)7-18-12(13(15,16)17)11-6-10(14)5-4-9(11)3/h4-6,12,18H,1,7H2,2-3H3. The Labute approximate surface area is 110 Å². The Bertz CT molecular complexity index is 440. The van der Waals surface area contributed by atoms with Crippen LogP contribution < -0.4 is 5.32 Å². The van der Waals surface area contributed by atoms with Gasteiger partial charge in [-0.2, -0.15) is 13.2 Å². The molecule has 1 rings (SSSR count). The SMILES string of the molecule is C=C(C)CNC(c1cc(Cl)ccc1C)C(F)(F)F. The van der Waals surface area contributed by atoms with Gasteiger partial charge in [0.25, 0.3) is 0 Å². The number of aryl methyl sites for hydroxylation is 1. The predicted molar refractivity (Wildman–Crippen MR) is 67.8 cm³/mol. The third-order valence-electron chi connectivity index (χ3n) is 2.49. The minimum Gasteiger partial charge on any atom is -0.299 e. The zero-order valence-electron chi connectivity index (χ0n) is 10.2. The van der Waals surface area contributed by atoms with Crippen LogP contribution in [0.3, 0.4) is 0 Å². The fraction of sp³-hybridized carbons (Fsp3) is 0.385. The van der Waals surface area contributed by atoms with Crippen LogP contribution in [0.2, 0.25) is 5.02 Å². The maximum absolute atomic E-state index is 13.0. The van der Waals surface area contributed by atoms with Gasteiger partial charge >= 0.3 is 6.18 Å². The van der Waals surface area contributed by atoms with Gasteiger partial charge in [-0.15, -0.1) is 0 Å². The van der Waals surface area contributed by atoms with Gasteiger partial charge in [0, 0.05) is 11.6 Å². The average molecular weight is 278 g/mol. The largest absolute Gasteiger partial charge is 0.407 e. The molecule has 18 heavy (non-hydrogen) atoms. The summed E-state index contributed by atoms with van der Waals surface area (Å²) in [6.45, 7) is 7.00. The average Bonchev–Trinajstić information content (AvgIpc) is 2.21. The first-order chi connectivity index (χ1) is 8.21. The molecule has 1 unspecified atom stereocenters. The molecule has 0 heterocycles. The van der Waals surface area contributed by atoms with E-state index in [2.05, 4.69) is 11.9 Å². The Balaban J connectivity index is 3.09. The van der Waals surface area contributed by atoms with Crippen LogP contribution in [0.5, 0.6) is 0 Å². The molecule has 0 saturated heterocycles. The van der Waals surface area contributed by atoms with Gasteiger partial charge in [-0.05, 0) is 37.1 Å². The van der Waals surface area contributed by atoms with E-state index < -0.39 is 12.2 Å². The van der Waals surface area contributed by atoms with Crippen LogP contribution >= 0.6 is 11.6 Å². The van der Waals surface area contributed by atoms with Crippen molar-refractivity contribution in [2.75, 3.05) is 6.54 Å². The molecule has 0 amide bonds. The Kier molecular flexibility index (Phi) is 4.82. The molecule has 0 aliphatic rings. The number of nitrogens with one attached hydrogen (secondary N) is 1. The van der Waals surface area contributed by atoms with Gasteiger partial charge in [0.1, 0.15) is 6.04 Å². The van der Waals surface area contributed by atoms with Gasteiger partial charge < -0.3 is 0 Å². The summed E-state index contributed by atoms with van der Waals surface area (Å²) in [7, 11) is 0. The molecular formula is C13H15ClF3N. The molecule has 1 aromatic carbocycles. The topological polar surface area (TPSA) is 12.0 Å². The Hall–Kier alpha value is -1.00. The predicted octanol–water partition coefficient (Wildman–Crippen LogP) is 4.42. The molecule has 1 atom stereocenters. The molecule has 1 nitrogen and oxygen atoms in total. The molecule has 0 radical (unpaired) electrons. The molecule has 0 bridgehead atoms. The van der Waals surface area contributed by atoms with Gasteiger partial charge in [-0.25, -0.2) is 0 Å². The number of hydrogen-bond acceptors (Lipinski definition) is 1. The number of benzene rings is 1. The fourth-order valence-corrected chi connectivity index (χ4v) is 1.78. The molecule has 0 spiro atoms. The van der Waals surface area contributed by atoms with Crippen molar-refractivity contribution in [3.05, 3.63) is 46.5 Å². The van der Waals surface area contributed by atoms with Crippen LogP contribution in [-0.2, 0) is 0 Å². The van der Waals surface area contributed by atoms with E-state index in [4.69, 9.17) is 11.6 Å². The summed E-state index contributed by atoms with van der Waals surface area (Å²) in [6.07, 6.45) is -4.37. The summed E-state index contributed by atoms with van der Waals surface area (Å²) in [6, 6.07) is 2.78. The van der Waals surface area contributed by atoms with E-state index >= 15 is 0 Å². The zero-order chi connectivity index (χ0) is 13.9.